The van der Waals surface area contributed by atoms with Gasteiger partial charge in [0.15, 0.2) is 11.5 Å². The number of rotatable bonds is 6. The van der Waals surface area contributed by atoms with Gasteiger partial charge in [0, 0.05) is 33.2 Å². The molecule has 0 spiro atoms. The van der Waals surface area contributed by atoms with Crippen LogP contribution in [0.25, 0.3) is 0 Å². The monoisotopic (exact) mass is 476 g/mol. The van der Waals surface area contributed by atoms with Crippen molar-refractivity contribution in [3.05, 3.63) is 58.9 Å². The summed E-state index contributed by atoms with van der Waals surface area (Å²) in [4.78, 5) is 15.0. The number of aryl methyl sites for hydroxylation is 1. The van der Waals surface area contributed by atoms with Gasteiger partial charge in [-0.2, -0.15) is 0 Å². The quantitative estimate of drug-likeness (QED) is 0.513. The number of hydrogen-bond donors (Lipinski definition) is 0. The first kappa shape index (κ1) is 25.7. The molecule has 1 atom stereocenters. The smallest absolute Gasteiger partial charge is 0.406 e. The highest BCUT2D eigenvalue weighted by atomic mass is 35.5. The Hall–Kier alpha value is -2.52. The molecule has 1 amide bonds. The lowest BCUT2D eigenvalue weighted by molar-refractivity contribution is -0.275. The van der Waals surface area contributed by atoms with Crippen LogP contribution in [-0.2, 0) is 19.5 Å². The number of benzene rings is 2. The van der Waals surface area contributed by atoms with Gasteiger partial charge < -0.3 is 14.4 Å². The summed E-state index contributed by atoms with van der Waals surface area (Å²) < 4.78 is 60.9. The number of halogens is 5. The van der Waals surface area contributed by atoms with Gasteiger partial charge in [-0.15, -0.1) is 25.6 Å². The first-order valence-electron chi connectivity index (χ1n) is 9.81. The molecule has 2 aromatic rings. The van der Waals surface area contributed by atoms with Crippen molar-refractivity contribution < 1.29 is 31.8 Å². The molecule has 0 aromatic heterocycles. The van der Waals surface area contributed by atoms with Gasteiger partial charge in [-0.25, -0.2) is 9.18 Å². The van der Waals surface area contributed by atoms with Gasteiger partial charge in [-0.3, -0.25) is 4.90 Å². The molecule has 2 aromatic carbocycles. The van der Waals surface area contributed by atoms with E-state index >= 15 is 0 Å². The number of hydrogen-bond acceptors (Lipinski definition) is 4. The number of alkyl halides is 3. The molecule has 1 aliphatic heterocycles. The van der Waals surface area contributed by atoms with Gasteiger partial charge in [0.25, 0.3) is 0 Å². The minimum atomic E-state index is -4.91. The Morgan fingerprint density at radius 3 is 2.44 bits per heavy atom. The third kappa shape index (κ3) is 6.74. The summed E-state index contributed by atoms with van der Waals surface area (Å²) in [5, 5.41) is 0. The number of carbonyl (C=O) groups excluding carboxylic acids is 1. The molecule has 0 N–H and O–H groups in total. The average Bonchev–Trinajstić information content (AvgIpc) is 3.09. The second-order valence-electron chi connectivity index (χ2n) is 7.80. The Morgan fingerprint density at radius 2 is 1.78 bits per heavy atom. The van der Waals surface area contributed by atoms with Crippen LogP contribution in [0.15, 0.2) is 36.4 Å². The zero-order valence-electron chi connectivity index (χ0n) is 17.9. The van der Waals surface area contributed by atoms with E-state index in [9.17, 15) is 22.4 Å². The number of carbonyl (C=O) groups is 1. The molecular weight excluding hydrogens is 452 g/mol. The summed E-state index contributed by atoms with van der Waals surface area (Å²) >= 11 is 0. The molecule has 10 heteroatoms. The Labute approximate surface area is 190 Å². The molecule has 176 valence electrons. The lowest BCUT2D eigenvalue weighted by atomic mass is 10.0. The maximum absolute atomic E-state index is 13.4. The normalized spacial score (nSPS) is 14.3. The van der Waals surface area contributed by atoms with Crippen molar-refractivity contribution >= 4 is 18.5 Å². The Balaban J connectivity index is 0.00000363. The molecule has 0 bridgehead atoms. The van der Waals surface area contributed by atoms with E-state index in [1.165, 1.54) is 38.4 Å². The molecule has 1 heterocycles. The van der Waals surface area contributed by atoms with E-state index < -0.39 is 18.2 Å². The van der Waals surface area contributed by atoms with Crippen molar-refractivity contribution in [1.82, 2.24) is 9.80 Å². The van der Waals surface area contributed by atoms with Crippen molar-refractivity contribution in [3.63, 3.8) is 0 Å². The molecule has 32 heavy (non-hydrogen) atoms. The van der Waals surface area contributed by atoms with Crippen LogP contribution in [-0.4, -0.2) is 42.4 Å². The van der Waals surface area contributed by atoms with Crippen LogP contribution in [0.5, 0.6) is 11.5 Å². The third-order valence-corrected chi connectivity index (χ3v) is 5.19. The molecule has 0 radical (unpaired) electrons. The lowest BCUT2D eigenvalue weighted by Crippen LogP contribution is -2.28. The minimum Gasteiger partial charge on any atom is -0.406 e. The molecule has 0 saturated carbocycles. The SMILES string of the molecule is C[C@H](CCc1ccc(OC(=O)N(C)C)c(OC(F)(F)F)c1)N1Cc2ccc(F)cc2C1.Cl. The predicted molar refractivity (Wildman–Crippen MR) is 114 cm³/mol. The van der Waals surface area contributed by atoms with E-state index in [1.807, 2.05) is 6.92 Å². The highest BCUT2D eigenvalue weighted by molar-refractivity contribution is 5.85. The average molecular weight is 477 g/mol. The Bertz CT molecular complexity index is 953. The summed E-state index contributed by atoms with van der Waals surface area (Å²) in [6, 6.07) is 9.06. The standard InChI is InChI=1S/C22H24F4N2O3.ClH/c1-14(28-12-16-7-8-18(23)11-17(16)13-28)4-5-15-6-9-19(30-21(29)27(2)3)20(10-15)31-22(24,25)26;/h6-11,14H,4-5,12-13H2,1-3H3;1H/t14-;/m1./s1. The molecular formula is C22H25ClF4N2O3. The van der Waals surface area contributed by atoms with Crippen molar-refractivity contribution in [1.29, 1.82) is 0 Å². The Morgan fingerprint density at radius 1 is 1.09 bits per heavy atom. The number of nitrogens with zero attached hydrogens (tertiary/aromatic N) is 2. The van der Waals surface area contributed by atoms with Gasteiger partial charge in [0.2, 0.25) is 0 Å². The van der Waals surface area contributed by atoms with Crippen molar-refractivity contribution in [2.75, 3.05) is 14.1 Å². The topological polar surface area (TPSA) is 42.0 Å². The van der Waals surface area contributed by atoms with Crippen LogP contribution in [0.4, 0.5) is 22.4 Å². The Kier molecular flexibility index (Phi) is 8.36. The first-order chi connectivity index (χ1) is 14.5. The number of ether oxygens (including phenoxy) is 2. The number of amides is 1. The maximum atomic E-state index is 13.4. The molecule has 0 saturated heterocycles. The van der Waals surface area contributed by atoms with E-state index in [2.05, 4.69) is 9.64 Å². The van der Waals surface area contributed by atoms with E-state index in [-0.39, 0.29) is 30.0 Å². The fraction of sp³-hybridized carbons (Fsp3) is 0.409. The summed E-state index contributed by atoms with van der Waals surface area (Å²) in [5.41, 5.74) is 2.67. The minimum absolute atomic E-state index is 0. The van der Waals surface area contributed by atoms with Crippen molar-refractivity contribution in [2.45, 2.75) is 45.3 Å². The fourth-order valence-electron chi connectivity index (χ4n) is 3.44. The first-order valence-corrected chi connectivity index (χ1v) is 9.81. The summed E-state index contributed by atoms with van der Waals surface area (Å²) in [6.45, 7) is 3.37. The van der Waals surface area contributed by atoms with Gasteiger partial charge in [0.05, 0.1) is 0 Å². The van der Waals surface area contributed by atoms with Crippen LogP contribution < -0.4 is 9.47 Å². The van der Waals surface area contributed by atoms with Crippen LogP contribution in [0.3, 0.4) is 0 Å². The summed E-state index contributed by atoms with van der Waals surface area (Å²) in [5.74, 6) is -1.12. The van der Waals surface area contributed by atoms with E-state index in [0.717, 1.165) is 16.0 Å². The van der Waals surface area contributed by atoms with Gasteiger partial charge in [0.1, 0.15) is 5.82 Å². The summed E-state index contributed by atoms with van der Waals surface area (Å²) in [7, 11) is 2.85. The van der Waals surface area contributed by atoms with Crippen LogP contribution >= 0.6 is 12.4 Å². The molecule has 0 fully saturated rings. The van der Waals surface area contributed by atoms with Crippen LogP contribution in [0, 0.1) is 5.82 Å². The van der Waals surface area contributed by atoms with E-state index in [0.29, 0.717) is 31.5 Å². The van der Waals surface area contributed by atoms with E-state index in [1.54, 1.807) is 12.1 Å². The van der Waals surface area contributed by atoms with Crippen molar-refractivity contribution in [3.8, 4) is 11.5 Å². The zero-order chi connectivity index (χ0) is 22.8. The number of fused-ring (bicyclic) bond motifs is 1. The summed E-state index contributed by atoms with van der Waals surface area (Å²) in [6.07, 6.45) is -4.54. The molecule has 0 aliphatic carbocycles. The van der Waals surface area contributed by atoms with Gasteiger partial charge in [-0.1, -0.05) is 12.1 Å². The van der Waals surface area contributed by atoms with Crippen LogP contribution in [0.1, 0.15) is 30.0 Å². The third-order valence-electron chi connectivity index (χ3n) is 5.19. The highest BCUT2D eigenvalue weighted by Crippen LogP contribution is 2.34. The van der Waals surface area contributed by atoms with Gasteiger partial charge in [-0.05, 0) is 60.7 Å². The van der Waals surface area contributed by atoms with Crippen molar-refractivity contribution in [2.24, 2.45) is 0 Å². The van der Waals surface area contributed by atoms with Gasteiger partial charge >= 0.3 is 12.5 Å². The molecule has 0 unspecified atom stereocenters. The molecule has 5 nitrogen and oxygen atoms in total. The second kappa shape index (κ2) is 10.4. The van der Waals surface area contributed by atoms with E-state index in [4.69, 9.17) is 4.74 Å². The zero-order valence-corrected chi connectivity index (χ0v) is 18.7. The molecule has 1 aliphatic rings. The molecule has 3 rings (SSSR count). The highest BCUT2D eigenvalue weighted by Gasteiger charge is 2.33. The fourth-order valence-corrected chi connectivity index (χ4v) is 3.44. The van der Waals surface area contributed by atoms with Crippen LogP contribution in [0.2, 0.25) is 0 Å². The lowest BCUT2D eigenvalue weighted by Gasteiger charge is -2.24. The maximum Gasteiger partial charge on any atom is 0.573 e. The predicted octanol–water partition coefficient (Wildman–Crippen LogP) is 5.54. The largest absolute Gasteiger partial charge is 0.573 e. The second-order valence-corrected chi connectivity index (χ2v) is 7.80.